The van der Waals surface area contributed by atoms with Gasteiger partial charge in [0.15, 0.2) is 11.5 Å². The topological polar surface area (TPSA) is 65.9 Å². The Labute approximate surface area is 167 Å². The summed E-state index contributed by atoms with van der Waals surface area (Å²) in [6, 6.07) is 9.84. The van der Waals surface area contributed by atoms with Crippen molar-refractivity contribution in [2.75, 3.05) is 26.2 Å². The Morgan fingerprint density at radius 3 is 2.31 bits per heavy atom. The van der Waals surface area contributed by atoms with Gasteiger partial charge in [0.25, 0.3) is 0 Å². The number of hydrogen-bond donors (Lipinski definition) is 0. The predicted molar refractivity (Wildman–Crippen MR) is 104 cm³/mol. The Balaban J connectivity index is 1.86. The maximum atomic E-state index is 13.9. The Bertz CT molecular complexity index is 1040. The molecular weight excluding hydrogens is 377 g/mol. The van der Waals surface area contributed by atoms with Gasteiger partial charge in [-0.3, -0.25) is 0 Å². The molecule has 8 heteroatoms. The number of ether oxygens (including phenoxy) is 4. The maximum absolute atomic E-state index is 13.9. The predicted octanol–water partition coefficient (Wildman–Crippen LogP) is 3.95. The molecule has 0 saturated heterocycles. The second kappa shape index (κ2) is 7.83. The molecule has 150 valence electrons. The molecule has 1 aliphatic heterocycles. The highest BCUT2D eigenvalue weighted by molar-refractivity contribution is 5.56. The Kier molecular flexibility index (Phi) is 5.07. The zero-order valence-electron chi connectivity index (χ0n) is 16.3. The molecule has 0 spiro atoms. The number of nitrogens with zero attached hydrogens (tertiary/aromatic N) is 3. The highest BCUT2D eigenvalue weighted by Crippen LogP contribution is 2.40. The normalized spacial score (nSPS) is 12.8. The van der Waals surface area contributed by atoms with E-state index in [2.05, 4.69) is 9.97 Å². The molecule has 2 aromatic carbocycles. The van der Waals surface area contributed by atoms with Crippen molar-refractivity contribution >= 4 is 5.82 Å². The van der Waals surface area contributed by atoms with E-state index in [1.165, 1.54) is 18.5 Å². The summed E-state index contributed by atoms with van der Waals surface area (Å²) in [6.07, 6.45) is 1.44. The Hall–Kier alpha value is -3.55. The van der Waals surface area contributed by atoms with Crippen molar-refractivity contribution < 1.29 is 23.3 Å². The molecule has 0 atom stereocenters. The van der Waals surface area contributed by atoms with Gasteiger partial charge in [0, 0.05) is 36.3 Å². The van der Waals surface area contributed by atoms with E-state index in [4.69, 9.17) is 18.9 Å². The molecule has 0 radical (unpaired) electrons. The summed E-state index contributed by atoms with van der Waals surface area (Å²) in [7, 11) is 4.69. The molecule has 1 aromatic heterocycles. The lowest BCUT2D eigenvalue weighted by molar-refractivity contribution is 0.350. The van der Waals surface area contributed by atoms with Crippen LogP contribution in [-0.4, -0.2) is 31.3 Å². The van der Waals surface area contributed by atoms with Crippen LogP contribution in [0.25, 0.3) is 0 Å². The molecule has 1 aliphatic rings. The van der Waals surface area contributed by atoms with Gasteiger partial charge in [-0.2, -0.15) is 0 Å². The molecule has 0 N–H and O–H groups in total. The van der Waals surface area contributed by atoms with Crippen molar-refractivity contribution in [3.8, 4) is 28.9 Å². The first kappa shape index (κ1) is 18.8. The van der Waals surface area contributed by atoms with E-state index < -0.39 is 0 Å². The molecule has 4 rings (SSSR count). The highest BCUT2D eigenvalue weighted by Gasteiger charge is 2.23. The third kappa shape index (κ3) is 3.73. The van der Waals surface area contributed by atoms with Crippen molar-refractivity contribution in [2.24, 2.45) is 0 Å². The summed E-state index contributed by atoms with van der Waals surface area (Å²) in [5.74, 6) is 3.06. The zero-order chi connectivity index (χ0) is 20.4. The van der Waals surface area contributed by atoms with Gasteiger partial charge in [-0.05, 0) is 24.3 Å². The molecule has 3 aromatic rings. The van der Waals surface area contributed by atoms with Crippen LogP contribution in [0.4, 0.5) is 10.2 Å². The smallest absolute Gasteiger partial charge is 0.218 e. The van der Waals surface area contributed by atoms with Gasteiger partial charge in [0.1, 0.15) is 29.5 Å². The van der Waals surface area contributed by atoms with Gasteiger partial charge in [0.05, 0.1) is 21.3 Å². The van der Waals surface area contributed by atoms with Crippen LogP contribution in [0.5, 0.6) is 28.9 Å². The van der Waals surface area contributed by atoms with Crippen LogP contribution in [-0.2, 0) is 13.1 Å². The van der Waals surface area contributed by atoms with Crippen LogP contribution >= 0.6 is 0 Å². The summed E-state index contributed by atoms with van der Waals surface area (Å²) in [4.78, 5) is 10.4. The lowest BCUT2D eigenvalue weighted by Crippen LogP contribution is -2.25. The average Bonchev–Trinajstić information content (AvgIpc) is 2.74. The van der Waals surface area contributed by atoms with Crippen LogP contribution in [0.1, 0.15) is 11.1 Å². The van der Waals surface area contributed by atoms with Gasteiger partial charge in [-0.15, -0.1) is 0 Å². The van der Waals surface area contributed by atoms with Crippen LogP contribution in [0, 0.1) is 5.82 Å². The van der Waals surface area contributed by atoms with Crippen molar-refractivity contribution in [3.63, 3.8) is 0 Å². The quantitative estimate of drug-likeness (QED) is 0.660. The number of halogens is 1. The zero-order valence-corrected chi connectivity index (χ0v) is 16.3. The van der Waals surface area contributed by atoms with Crippen LogP contribution in [0.3, 0.4) is 0 Å². The van der Waals surface area contributed by atoms with Gasteiger partial charge in [-0.1, -0.05) is 0 Å². The van der Waals surface area contributed by atoms with E-state index in [1.807, 2.05) is 11.0 Å². The number of rotatable bonds is 4. The van der Waals surface area contributed by atoms with Gasteiger partial charge < -0.3 is 23.8 Å². The first-order valence-corrected chi connectivity index (χ1v) is 8.93. The summed E-state index contributed by atoms with van der Waals surface area (Å²) in [5, 5.41) is 0. The molecule has 0 bridgehead atoms. The number of fused-ring (bicyclic) bond motifs is 2. The third-order valence-electron chi connectivity index (χ3n) is 4.69. The summed E-state index contributed by atoms with van der Waals surface area (Å²) in [5.41, 5.74) is 1.57. The minimum Gasteiger partial charge on any atom is -0.493 e. The molecule has 0 saturated carbocycles. The van der Waals surface area contributed by atoms with E-state index in [0.29, 0.717) is 53.3 Å². The number of anilines is 1. The molecule has 7 nitrogen and oxygen atoms in total. The van der Waals surface area contributed by atoms with Gasteiger partial charge in [0.2, 0.25) is 5.88 Å². The standard InChI is InChI=1S/C21H20FN3O4/c1-26-18-7-14-11-25(20-9-21(28-3)24-12-23-20)10-13-6-15(22)4-5-16(13)29-17(14)8-19(18)27-2/h4-9,12H,10-11H2,1-3H3. The van der Waals surface area contributed by atoms with Crippen LogP contribution in [0.15, 0.2) is 42.7 Å². The van der Waals surface area contributed by atoms with E-state index in [1.54, 1.807) is 39.5 Å². The SMILES string of the molecule is COc1cc(N2Cc3cc(F)ccc3Oc3cc(OC)c(OC)cc3C2)ncn1. The van der Waals surface area contributed by atoms with Crippen molar-refractivity contribution in [1.29, 1.82) is 0 Å². The molecule has 0 fully saturated rings. The molecule has 0 unspecified atom stereocenters. The fraction of sp³-hybridized carbons (Fsp3) is 0.238. The second-order valence-corrected chi connectivity index (χ2v) is 6.44. The average molecular weight is 397 g/mol. The van der Waals surface area contributed by atoms with E-state index in [9.17, 15) is 4.39 Å². The Morgan fingerprint density at radius 2 is 1.59 bits per heavy atom. The number of hydrogen-bond acceptors (Lipinski definition) is 7. The largest absolute Gasteiger partial charge is 0.493 e. The molecular formula is C21H20FN3O4. The number of benzene rings is 2. The van der Waals surface area contributed by atoms with E-state index in [-0.39, 0.29) is 5.82 Å². The monoisotopic (exact) mass is 397 g/mol. The molecule has 0 aliphatic carbocycles. The lowest BCUT2D eigenvalue weighted by atomic mass is 10.1. The summed E-state index contributed by atoms with van der Waals surface area (Å²) in [6.45, 7) is 0.840. The van der Waals surface area contributed by atoms with Gasteiger partial charge in [-0.25, -0.2) is 14.4 Å². The van der Waals surface area contributed by atoms with Crippen molar-refractivity contribution in [2.45, 2.75) is 13.1 Å². The first-order chi connectivity index (χ1) is 14.1. The van der Waals surface area contributed by atoms with E-state index in [0.717, 1.165) is 5.56 Å². The first-order valence-electron chi connectivity index (χ1n) is 8.93. The molecule has 0 amide bonds. The maximum Gasteiger partial charge on any atom is 0.218 e. The number of methoxy groups -OCH3 is 3. The number of aromatic nitrogens is 2. The molecule has 2 heterocycles. The minimum absolute atomic E-state index is 0.333. The van der Waals surface area contributed by atoms with Crippen LogP contribution < -0.4 is 23.8 Å². The summed E-state index contributed by atoms with van der Waals surface area (Å²) < 4.78 is 36.1. The fourth-order valence-electron chi connectivity index (χ4n) is 3.25. The minimum atomic E-state index is -0.333. The fourth-order valence-corrected chi connectivity index (χ4v) is 3.25. The Morgan fingerprint density at radius 1 is 0.862 bits per heavy atom. The van der Waals surface area contributed by atoms with Crippen LogP contribution in [0.2, 0.25) is 0 Å². The van der Waals surface area contributed by atoms with E-state index >= 15 is 0 Å². The third-order valence-corrected chi connectivity index (χ3v) is 4.69. The van der Waals surface area contributed by atoms with Crippen molar-refractivity contribution in [1.82, 2.24) is 9.97 Å². The second-order valence-electron chi connectivity index (χ2n) is 6.44. The van der Waals surface area contributed by atoms with Gasteiger partial charge >= 0.3 is 0 Å². The summed E-state index contributed by atoms with van der Waals surface area (Å²) >= 11 is 0. The highest BCUT2D eigenvalue weighted by atomic mass is 19.1. The molecule has 29 heavy (non-hydrogen) atoms. The lowest BCUT2D eigenvalue weighted by Gasteiger charge is -2.29. The van der Waals surface area contributed by atoms with Crippen molar-refractivity contribution in [3.05, 3.63) is 59.7 Å².